The number of carbonyl (C=O) groups is 1. The van der Waals surface area contributed by atoms with Gasteiger partial charge in [0.05, 0.1) is 29.8 Å². The summed E-state index contributed by atoms with van der Waals surface area (Å²) in [6, 6.07) is 4.08. The van der Waals surface area contributed by atoms with Crippen LogP contribution in [-0.4, -0.2) is 30.3 Å². The van der Waals surface area contributed by atoms with Gasteiger partial charge in [0.25, 0.3) is 5.91 Å². The van der Waals surface area contributed by atoms with Gasteiger partial charge in [0.2, 0.25) is 0 Å². The van der Waals surface area contributed by atoms with E-state index < -0.39 is 0 Å². The number of nitrogens with one attached hydrogen (secondary N) is 1. The van der Waals surface area contributed by atoms with Crippen LogP contribution >= 0.6 is 11.3 Å². The fourth-order valence-corrected chi connectivity index (χ4v) is 4.91. The Bertz CT molecular complexity index is 728. The van der Waals surface area contributed by atoms with E-state index in [4.69, 9.17) is 9.26 Å². The maximum Gasteiger partial charge on any atom is 0.261 e. The van der Waals surface area contributed by atoms with E-state index >= 15 is 0 Å². The molecule has 1 amide bonds. The standard InChI is InChI=1S/C19H24N2O3S/c1-12-7-15(24-21-12)8-14-10-23-11-16(14)20-19(22)18-9-13-5-3-2-4-6-17(13)25-18/h7,9,14,16H,2-6,8,10-11H2,1H3,(H,20,22). The van der Waals surface area contributed by atoms with Gasteiger partial charge in [0, 0.05) is 23.3 Å². The van der Waals surface area contributed by atoms with Gasteiger partial charge in [-0.1, -0.05) is 11.6 Å². The number of thiophene rings is 1. The quantitative estimate of drug-likeness (QED) is 0.850. The average molecular weight is 360 g/mol. The summed E-state index contributed by atoms with van der Waals surface area (Å²) in [5.74, 6) is 1.12. The summed E-state index contributed by atoms with van der Waals surface area (Å²) in [7, 11) is 0. The van der Waals surface area contributed by atoms with Crippen molar-refractivity contribution in [1.29, 1.82) is 0 Å². The average Bonchev–Trinajstić information content (AvgIpc) is 3.27. The molecule has 0 saturated carbocycles. The summed E-state index contributed by atoms with van der Waals surface area (Å²) in [4.78, 5) is 15.0. The first-order chi connectivity index (χ1) is 12.2. The van der Waals surface area contributed by atoms with E-state index in [9.17, 15) is 4.79 Å². The molecular weight excluding hydrogens is 336 g/mol. The molecule has 3 heterocycles. The van der Waals surface area contributed by atoms with Gasteiger partial charge in [-0.15, -0.1) is 11.3 Å². The van der Waals surface area contributed by atoms with Crippen molar-refractivity contribution in [1.82, 2.24) is 10.5 Å². The molecule has 2 aromatic rings. The van der Waals surface area contributed by atoms with E-state index in [0.29, 0.717) is 13.2 Å². The maximum absolute atomic E-state index is 12.7. The maximum atomic E-state index is 12.7. The Morgan fingerprint density at radius 2 is 2.16 bits per heavy atom. The van der Waals surface area contributed by atoms with Gasteiger partial charge < -0.3 is 14.6 Å². The summed E-state index contributed by atoms with van der Waals surface area (Å²) >= 11 is 1.67. The molecule has 2 atom stereocenters. The normalized spacial score (nSPS) is 23.2. The highest BCUT2D eigenvalue weighted by molar-refractivity contribution is 7.14. The van der Waals surface area contributed by atoms with Crippen molar-refractivity contribution in [3.05, 3.63) is 38.9 Å². The summed E-state index contributed by atoms with van der Waals surface area (Å²) in [6.45, 7) is 3.12. The highest BCUT2D eigenvalue weighted by Crippen LogP contribution is 2.29. The Morgan fingerprint density at radius 3 is 3.00 bits per heavy atom. The first kappa shape index (κ1) is 16.8. The topological polar surface area (TPSA) is 64.4 Å². The van der Waals surface area contributed by atoms with Crippen LogP contribution in [0, 0.1) is 12.8 Å². The van der Waals surface area contributed by atoms with Crippen molar-refractivity contribution in [2.75, 3.05) is 13.2 Å². The Balaban J connectivity index is 1.41. The van der Waals surface area contributed by atoms with Crippen LogP contribution < -0.4 is 5.32 Å². The summed E-state index contributed by atoms with van der Waals surface area (Å²) in [6.07, 6.45) is 6.74. The van der Waals surface area contributed by atoms with Crippen molar-refractivity contribution in [3.8, 4) is 0 Å². The van der Waals surface area contributed by atoms with E-state index in [2.05, 4.69) is 16.5 Å². The lowest BCUT2D eigenvalue weighted by Crippen LogP contribution is -2.40. The van der Waals surface area contributed by atoms with E-state index in [1.807, 2.05) is 13.0 Å². The molecule has 1 aliphatic heterocycles. The Morgan fingerprint density at radius 1 is 1.28 bits per heavy atom. The van der Waals surface area contributed by atoms with Crippen LogP contribution in [0.15, 0.2) is 16.7 Å². The third-order valence-corrected chi connectivity index (χ3v) is 6.36. The molecule has 4 rings (SSSR count). The predicted molar refractivity (Wildman–Crippen MR) is 96.1 cm³/mol. The van der Waals surface area contributed by atoms with Crippen molar-refractivity contribution < 1.29 is 14.1 Å². The van der Waals surface area contributed by atoms with Crippen molar-refractivity contribution in [3.63, 3.8) is 0 Å². The third-order valence-electron chi connectivity index (χ3n) is 5.13. The molecule has 5 nitrogen and oxygen atoms in total. The Labute approximate surface area is 151 Å². The van der Waals surface area contributed by atoms with E-state index in [1.165, 1.54) is 29.7 Å². The molecule has 1 N–H and O–H groups in total. The summed E-state index contributed by atoms with van der Waals surface area (Å²) < 4.78 is 10.9. The lowest BCUT2D eigenvalue weighted by molar-refractivity contribution is 0.0928. The fourth-order valence-electron chi connectivity index (χ4n) is 3.75. The van der Waals surface area contributed by atoms with Crippen molar-refractivity contribution >= 4 is 17.2 Å². The summed E-state index contributed by atoms with van der Waals surface area (Å²) in [5, 5.41) is 7.12. The number of amides is 1. The molecule has 0 bridgehead atoms. The van der Waals surface area contributed by atoms with Crippen LogP contribution in [0.5, 0.6) is 0 Å². The molecule has 2 aliphatic rings. The highest BCUT2D eigenvalue weighted by atomic mass is 32.1. The number of aromatic nitrogens is 1. The van der Waals surface area contributed by atoms with Gasteiger partial charge in [-0.05, 0) is 44.2 Å². The molecule has 6 heteroatoms. The molecule has 2 unspecified atom stereocenters. The van der Waals surface area contributed by atoms with Gasteiger partial charge in [-0.3, -0.25) is 4.79 Å². The molecule has 1 fully saturated rings. The van der Waals surface area contributed by atoms with Crippen LogP contribution in [0.2, 0.25) is 0 Å². The zero-order valence-corrected chi connectivity index (χ0v) is 15.4. The predicted octanol–water partition coefficient (Wildman–Crippen LogP) is 3.30. The minimum atomic E-state index is 0.0276. The van der Waals surface area contributed by atoms with E-state index in [0.717, 1.165) is 35.6 Å². The molecule has 1 aliphatic carbocycles. The summed E-state index contributed by atoms with van der Waals surface area (Å²) in [5.41, 5.74) is 2.26. The first-order valence-corrected chi connectivity index (χ1v) is 9.93. The largest absolute Gasteiger partial charge is 0.379 e. The van der Waals surface area contributed by atoms with Crippen LogP contribution in [-0.2, 0) is 24.0 Å². The SMILES string of the molecule is Cc1cc(CC2COCC2NC(=O)c2cc3c(s2)CCCCC3)on1. The van der Waals surface area contributed by atoms with Gasteiger partial charge in [0.15, 0.2) is 0 Å². The van der Waals surface area contributed by atoms with Crippen molar-refractivity contribution in [2.24, 2.45) is 5.92 Å². The second-order valence-electron chi connectivity index (χ2n) is 7.14. The monoisotopic (exact) mass is 360 g/mol. The number of rotatable bonds is 4. The minimum Gasteiger partial charge on any atom is -0.379 e. The third kappa shape index (κ3) is 3.80. The number of nitrogens with zero attached hydrogens (tertiary/aromatic N) is 1. The zero-order chi connectivity index (χ0) is 17.2. The number of hydrogen-bond donors (Lipinski definition) is 1. The van der Waals surface area contributed by atoms with Crippen LogP contribution in [0.4, 0.5) is 0 Å². The van der Waals surface area contributed by atoms with Gasteiger partial charge in [-0.25, -0.2) is 0 Å². The van der Waals surface area contributed by atoms with Crippen molar-refractivity contribution in [2.45, 2.75) is 51.5 Å². The first-order valence-electron chi connectivity index (χ1n) is 9.11. The molecule has 2 aromatic heterocycles. The van der Waals surface area contributed by atoms with Gasteiger partial charge >= 0.3 is 0 Å². The fraction of sp³-hybridized carbons (Fsp3) is 0.579. The lowest BCUT2D eigenvalue weighted by atomic mass is 9.98. The van der Waals surface area contributed by atoms with Crippen LogP contribution in [0.25, 0.3) is 0 Å². The smallest absolute Gasteiger partial charge is 0.261 e. The van der Waals surface area contributed by atoms with Gasteiger partial charge in [0.1, 0.15) is 5.76 Å². The molecule has 0 aromatic carbocycles. The van der Waals surface area contributed by atoms with Crippen LogP contribution in [0.3, 0.4) is 0 Å². The molecule has 0 spiro atoms. The Hall–Kier alpha value is -1.66. The number of hydrogen-bond acceptors (Lipinski definition) is 5. The lowest BCUT2D eigenvalue weighted by Gasteiger charge is -2.17. The molecular formula is C19H24N2O3S. The molecule has 25 heavy (non-hydrogen) atoms. The number of ether oxygens (including phenoxy) is 1. The minimum absolute atomic E-state index is 0.0276. The number of carbonyl (C=O) groups excluding carboxylic acids is 1. The zero-order valence-electron chi connectivity index (χ0n) is 14.5. The van der Waals surface area contributed by atoms with E-state index in [1.54, 1.807) is 11.3 Å². The number of aryl methyl sites for hydroxylation is 3. The molecule has 1 saturated heterocycles. The number of fused-ring (bicyclic) bond motifs is 1. The van der Waals surface area contributed by atoms with E-state index in [-0.39, 0.29) is 17.9 Å². The van der Waals surface area contributed by atoms with Crippen LogP contribution in [0.1, 0.15) is 50.8 Å². The molecule has 0 radical (unpaired) electrons. The second kappa shape index (κ2) is 7.30. The Kier molecular flexibility index (Phi) is 4.90. The van der Waals surface area contributed by atoms with Gasteiger partial charge in [-0.2, -0.15) is 0 Å². The molecule has 134 valence electrons. The highest BCUT2D eigenvalue weighted by Gasteiger charge is 2.31. The second-order valence-corrected chi connectivity index (χ2v) is 8.27.